The third-order valence-electron chi connectivity index (χ3n) is 2.96. The molecule has 0 aliphatic carbocycles. The normalized spacial score (nSPS) is 9.64. The molecule has 0 radical (unpaired) electrons. The number of hydrogen-bond donors (Lipinski definition) is 0. The summed E-state index contributed by atoms with van der Waals surface area (Å²) in [7, 11) is 0. The predicted molar refractivity (Wildman–Crippen MR) is 83.1 cm³/mol. The van der Waals surface area contributed by atoms with Crippen LogP contribution in [0.3, 0.4) is 0 Å². The summed E-state index contributed by atoms with van der Waals surface area (Å²) in [5.74, 6) is -0.909. The minimum atomic E-state index is -0.455. The highest BCUT2D eigenvalue weighted by molar-refractivity contribution is 5.91. The molecule has 22 heavy (non-hydrogen) atoms. The van der Waals surface area contributed by atoms with Gasteiger partial charge in [-0.1, -0.05) is 37.4 Å². The van der Waals surface area contributed by atoms with E-state index < -0.39 is 11.9 Å². The maximum atomic E-state index is 11.5. The van der Waals surface area contributed by atoms with Crippen LogP contribution >= 0.6 is 0 Å². The van der Waals surface area contributed by atoms with E-state index in [1.54, 1.807) is 48.5 Å². The first-order valence-corrected chi connectivity index (χ1v) is 6.50. The molecule has 0 aliphatic heterocycles. The second kappa shape index (κ2) is 7.04. The minimum Gasteiger partial charge on any atom is -0.432 e. The monoisotopic (exact) mass is 294 g/mol. The molecule has 0 spiro atoms. The summed E-state index contributed by atoms with van der Waals surface area (Å²) in [5, 5.41) is 0. The Balaban J connectivity index is 2.18. The Kier molecular flexibility index (Phi) is 4.88. The molecule has 2 rings (SSSR count). The number of benzene rings is 2. The van der Waals surface area contributed by atoms with Crippen molar-refractivity contribution in [2.24, 2.45) is 0 Å². The van der Waals surface area contributed by atoms with Crippen LogP contribution in [0, 0.1) is 0 Å². The minimum absolute atomic E-state index is 0.440. The van der Waals surface area contributed by atoms with Gasteiger partial charge in [-0.25, -0.2) is 9.59 Å². The van der Waals surface area contributed by atoms with Gasteiger partial charge in [-0.3, -0.25) is 0 Å². The molecule has 0 aliphatic rings. The summed E-state index contributed by atoms with van der Waals surface area (Å²) in [6.45, 7) is 6.68. The van der Waals surface area contributed by atoms with Crippen LogP contribution in [0.15, 0.2) is 74.2 Å². The van der Waals surface area contributed by atoms with E-state index in [-0.39, 0.29) is 0 Å². The van der Waals surface area contributed by atoms with Gasteiger partial charge in [-0.2, -0.15) is 0 Å². The zero-order valence-electron chi connectivity index (χ0n) is 11.8. The van der Waals surface area contributed by atoms with Crippen molar-refractivity contribution in [2.75, 3.05) is 0 Å². The van der Waals surface area contributed by atoms with Crippen LogP contribution in [0.4, 0.5) is 0 Å². The summed E-state index contributed by atoms with van der Waals surface area (Å²) in [6.07, 6.45) is 2.19. The van der Waals surface area contributed by atoms with E-state index in [4.69, 9.17) is 9.47 Å². The second-order valence-electron chi connectivity index (χ2n) is 4.30. The van der Waals surface area contributed by atoms with Gasteiger partial charge in [0.2, 0.25) is 0 Å². The van der Waals surface area contributed by atoms with E-state index in [9.17, 15) is 9.59 Å². The molecule has 2 aromatic rings. The lowest BCUT2D eigenvalue weighted by molar-refractivity contribution is 0.0654. The largest absolute Gasteiger partial charge is 0.432 e. The molecule has 0 N–H and O–H groups in total. The average Bonchev–Trinajstić information content (AvgIpc) is 2.55. The van der Waals surface area contributed by atoms with Crippen molar-refractivity contribution in [3.63, 3.8) is 0 Å². The topological polar surface area (TPSA) is 52.6 Å². The van der Waals surface area contributed by atoms with Gasteiger partial charge in [-0.05, 0) is 35.4 Å². The second-order valence-corrected chi connectivity index (χ2v) is 4.30. The highest BCUT2D eigenvalue weighted by atomic mass is 16.5. The number of ether oxygens (including phenoxy) is 2. The molecule has 0 bridgehead atoms. The average molecular weight is 294 g/mol. The van der Waals surface area contributed by atoms with Crippen LogP contribution in [0.5, 0.6) is 0 Å². The Labute approximate surface area is 128 Å². The molecule has 110 valence electrons. The van der Waals surface area contributed by atoms with E-state index >= 15 is 0 Å². The number of carbonyl (C=O) groups is 2. The lowest BCUT2D eigenvalue weighted by Crippen LogP contribution is -2.00. The smallest absolute Gasteiger partial charge is 0.342 e. The van der Waals surface area contributed by atoms with E-state index in [1.165, 1.54) is 0 Å². The van der Waals surface area contributed by atoms with Gasteiger partial charge in [0.05, 0.1) is 23.7 Å². The lowest BCUT2D eigenvalue weighted by Gasteiger charge is -2.05. The fourth-order valence-electron chi connectivity index (χ4n) is 1.88. The molecule has 0 amide bonds. The van der Waals surface area contributed by atoms with Crippen LogP contribution in [0.2, 0.25) is 0 Å². The molecular formula is C18H14O4. The zero-order chi connectivity index (χ0) is 15.9. The maximum absolute atomic E-state index is 11.5. The molecule has 0 aromatic heterocycles. The van der Waals surface area contributed by atoms with Crippen molar-refractivity contribution in [1.82, 2.24) is 0 Å². The molecule has 0 saturated heterocycles. The first-order chi connectivity index (χ1) is 10.7. The summed E-state index contributed by atoms with van der Waals surface area (Å²) in [6, 6.07) is 13.9. The van der Waals surface area contributed by atoms with E-state index in [1.807, 2.05) is 0 Å². The van der Waals surface area contributed by atoms with Crippen LogP contribution in [-0.2, 0) is 9.47 Å². The van der Waals surface area contributed by atoms with Crippen molar-refractivity contribution in [3.05, 3.63) is 85.3 Å². The van der Waals surface area contributed by atoms with Gasteiger partial charge in [-0.15, -0.1) is 0 Å². The fraction of sp³-hybridized carbons (Fsp3) is 0. The summed E-state index contributed by atoms with van der Waals surface area (Å²) < 4.78 is 9.41. The first kappa shape index (κ1) is 15.3. The van der Waals surface area contributed by atoms with Crippen molar-refractivity contribution in [1.29, 1.82) is 0 Å². The van der Waals surface area contributed by atoms with Crippen LogP contribution in [0.1, 0.15) is 20.7 Å². The van der Waals surface area contributed by atoms with Crippen LogP contribution in [0.25, 0.3) is 11.1 Å². The first-order valence-electron chi connectivity index (χ1n) is 6.50. The summed E-state index contributed by atoms with van der Waals surface area (Å²) in [5.41, 5.74) is 2.71. The molecule has 0 unspecified atom stereocenters. The van der Waals surface area contributed by atoms with Gasteiger partial charge >= 0.3 is 11.9 Å². The highest BCUT2D eigenvalue weighted by Gasteiger charge is 2.08. The Morgan fingerprint density at radius 1 is 0.682 bits per heavy atom. The van der Waals surface area contributed by atoms with Crippen LogP contribution < -0.4 is 0 Å². The molecular weight excluding hydrogens is 280 g/mol. The van der Waals surface area contributed by atoms with Crippen molar-refractivity contribution >= 4 is 11.9 Å². The highest BCUT2D eigenvalue weighted by Crippen LogP contribution is 2.21. The number of rotatable bonds is 5. The standard InChI is InChI=1S/C18H14O4/c1-3-21-17(19)15-9-5-13(6-10-15)14-7-11-16(12-8-14)18(20)22-4-2/h3-12H,1-2H2. The van der Waals surface area contributed by atoms with Gasteiger partial charge < -0.3 is 9.47 Å². The van der Waals surface area contributed by atoms with Crippen molar-refractivity contribution in [3.8, 4) is 11.1 Å². The molecule has 0 heterocycles. The predicted octanol–water partition coefficient (Wildman–Crippen LogP) is 3.95. The van der Waals surface area contributed by atoms with Gasteiger partial charge in [0, 0.05) is 0 Å². The van der Waals surface area contributed by atoms with Gasteiger partial charge in [0.1, 0.15) is 0 Å². The Bertz CT molecular complexity index is 633. The zero-order valence-corrected chi connectivity index (χ0v) is 11.8. The van der Waals surface area contributed by atoms with E-state index in [0.717, 1.165) is 23.7 Å². The van der Waals surface area contributed by atoms with Crippen LogP contribution in [-0.4, -0.2) is 11.9 Å². The Hall–Kier alpha value is -3.14. The third-order valence-corrected chi connectivity index (χ3v) is 2.96. The molecule has 4 nitrogen and oxygen atoms in total. The Morgan fingerprint density at radius 2 is 1.00 bits per heavy atom. The number of esters is 2. The van der Waals surface area contributed by atoms with Crippen molar-refractivity contribution < 1.29 is 19.1 Å². The maximum Gasteiger partial charge on any atom is 0.342 e. The molecule has 0 fully saturated rings. The van der Waals surface area contributed by atoms with Gasteiger partial charge in [0.15, 0.2) is 0 Å². The fourth-order valence-corrected chi connectivity index (χ4v) is 1.88. The summed E-state index contributed by atoms with van der Waals surface area (Å²) >= 11 is 0. The van der Waals surface area contributed by atoms with E-state index in [0.29, 0.717) is 11.1 Å². The number of carbonyl (C=O) groups excluding carboxylic acids is 2. The summed E-state index contributed by atoms with van der Waals surface area (Å²) in [4.78, 5) is 23.0. The number of hydrogen-bond acceptors (Lipinski definition) is 4. The van der Waals surface area contributed by atoms with E-state index in [2.05, 4.69) is 13.2 Å². The molecule has 2 aromatic carbocycles. The molecule has 4 heteroatoms. The quantitative estimate of drug-likeness (QED) is 0.619. The van der Waals surface area contributed by atoms with Gasteiger partial charge in [0.25, 0.3) is 0 Å². The molecule has 0 atom stereocenters. The lowest BCUT2D eigenvalue weighted by atomic mass is 10.0. The Morgan fingerprint density at radius 3 is 1.27 bits per heavy atom. The third kappa shape index (κ3) is 3.49. The van der Waals surface area contributed by atoms with Crippen molar-refractivity contribution in [2.45, 2.75) is 0 Å². The molecule has 0 saturated carbocycles. The SMILES string of the molecule is C=COC(=O)c1ccc(-c2ccc(C(=O)OC=C)cc2)cc1.